The maximum Gasteiger partial charge on any atom is 0.243 e. The minimum absolute atomic E-state index is 0.0200. The molecule has 0 N–H and O–H groups in total. The standard InChI is InChI=1S/C23H35N3O4S/c1-19(2)23(28)25-17-15-24(16-18-25)22(27)12-9-20-7-10-21(11-8-20)31(29,30)26-13-5-3-4-6-14-26/h7-8,10-11,19H,3-6,9,12-18H2,1-2H3. The van der Waals surface area contributed by atoms with Crippen LogP contribution in [0.1, 0.15) is 51.5 Å². The zero-order chi connectivity index (χ0) is 22.4. The molecule has 2 saturated heterocycles. The summed E-state index contributed by atoms with van der Waals surface area (Å²) in [4.78, 5) is 28.6. The highest BCUT2D eigenvalue weighted by Crippen LogP contribution is 2.21. The van der Waals surface area contributed by atoms with Crippen LogP contribution in [0, 0.1) is 5.92 Å². The van der Waals surface area contributed by atoms with E-state index in [0.717, 1.165) is 31.2 Å². The van der Waals surface area contributed by atoms with Gasteiger partial charge in [-0.25, -0.2) is 8.42 Å². The van der Waals surface area contributed by atoms with E-state index in [2.05, 4.69) is 0 Å². The minimum Gasteiger partial charge on any atom is -0.339 e. The van der Waals surface area contributed by atoms with Gasteiger partial charge in [-0.3, -0.25) is 9.59 Å². The molecule has 8 heteroatoms. The maximum atomic E-state index is 12.9. The quantitative estimate of drug-likeness (QED) is 0.669. The van der Waals surface area contributed by atoms with Crippen molar-refractivity contribution < 1.29 is 18.0 Å². The Morgan fingerprint density at radius 2 is 1.39 bits per heavy atom. The molecule has 2 amide bonds. The van der Waals surface area contributed by atoms with E-state index in [1.807, 2.05) is 35.8 Å². The Kier molecular flexibility index (Phi) is 8.11. The van der Waals surface area contributed by atoms with Crippen molar-refractivity contribution in [2.75, 3.05) is 39.3 Å². The van der Waals surface area contributed by atoms with Crippen molar-refractivity contribution in [1.29, 1.82) is 0 Å². The Balaban J connectivity index is 1.50. The van der Waals surface area contributed by atoms with Crippen molar-refractivity contribution in [2.24, 2.45) is 5.92 Å². The topological polar surface area (TPSA) is 78.0 Å². The smallest absolute Gasteiger partial charge is 0.243 e. The summed E-state index contributed by atoms with van der Waals surface area (Å²) < 4.78 is 27.4. The molecular formula is C23H35N3O4S. The molecule has 0 spiro atoms. The summed E-state index contributed by atoms with van der Waals surface area (Å²) in [5.74, 6) is 0.202. The molecule has 3 rings (SSSR count). The molecule has 172 valence electrons. The molecule has 0 atom stereocenters. The Morgan fingerprint density at radius 3 is 1.94 bits per heavy atom. The predicted octanol–water partition coefficient (Wildman–Crippen LogP) is 2.51. The first-order chi connectivity index (χ1) is 14.8. The van der Waals surface area contributed by atoms with Crippen LogP contribution in [0.2, 0.25) is 0 Å². The van der Waals surface area contributed by atoms with Crippen LogP contribution in [0.4, 0.5) is 0 Å². The molecule has 0 radical (unpaired) electrons. The van der Waals surface area contributed by atoms with Crippen molar-refractivity contribution in [1.82, 2.24) is 14.1 Å². The molecule has 0 aliphatic carbocycles. The van der Waals surface area contributed by atoms with E-state index in [-0.39, 0.29) is 17.7 Å². The van der Waals surface area contributed by atoms with Gasteiger partial charge in [0.1, 0.15) is 0 Å². The highest BCUT2D eigenvalue weighted by molar-refractivity contribution is 7.89. The zero-order valence-electron chi connectivity index (χ0n) is 18.8. The van der Waals surface area contributed by atoms with Crippen LogP contribution >= 0.6 is 0 Å². The fraction of sp³-hybridized carbons (Fsp3) is 0.652. The average molecular weight is 450 g/mol. The molecule has 7 nitrogen and oxygen atoms in total. The fourth-order valence-electron chi connectivity index (χ4n) is 4.21. The van der Waals surface area contributed by atoms with E-state index in [1.54, 1.807) is 16.4 Å². The lowest BCUT2D eigenvalue weighted by atomic mass is 10.1. The number of rotatable bonds is 6. The van der Waals surface area contributed by atoms with Gasteiger partial charge in [0.15, 0.2) is 0 Å². The number of aryl methyl sites for hydroxylation is 1. The fourth-order valence-corrected chi connectivity index (χ4v) is 5.73. The van der Waals surface area contributed by atoms with Gasteiger partial charge >= 0.3 is 0 Å². The van der Waals surface area contributed by atoms with E-state index < -0.39 is 10.0 Å². The van der Waals surface area contributed by atoms with Crippen LogP contribution in [0.3, 0.4) is 0 Å². The summed E-state index contributed by atoms with van der Waals surface area (Å²) >= 11 is 0. The Morgan fingerprint density at radius 1 is 0.839 bits per heavy atom. The predicted molar refractivity (Wildman–Crippen MR) is 120 cm³/mol. The number of hydrogen-bond acceptors (Lipinski definition) is 4. The Hall–Kier alpha value is -1.93. The van der Waals surface area contributed by atoms with Crippen LogP contribution in [-0.4, -0.2) is 73.6 Å². The molecule has 0 bridgehead atoms. The highest BCUT2D eigenvalue weighted by Gasteiger charge is 2.26. The van der Waals surface area contributed by atoms with Crippen LogP contribution in [0.5, 0.6) is 0 Å². The summed E-state index contributed by atoms with van der Waals surface area (Å²) in [7, 11) is -3.44. The number of piperazine rings is 1. The normalized spacial score (nSPS) is 18.8. The van der Waals surface area contributed by atoms with E-state index in [9.17, 15) is 18.0 Å². The van der Waals surface area contributed by atoms with Crippen LogP contribution in [-0.2, 0) is 26.0 Å². The second kappa shape index (κ2) is 10.6. The third-order valence-corrected chi connectivity index (χ3v) is 8.10. The summed E-state index contributed by atoms with van der Waals surface area (Å²) in [6, 6.07) is 6.96. The van der Waals surface area contributed by atoms with Gasteiger partial charge in [0.25, 0.3) is 0 Å². The number of sulfonamides is 1. The molecule has 2 aliphatic rings. The van der Waals surface area contributed by atoms with Gasteiger partial charge in [0, 0.05) is 51.6 Å². The van der Waals surface area contributed by atoms with Gasteiger partial charge in [-0.2, -0.15) is 4.31 Å². The molecule has 2 aliphatic heterocycles. The largest absolute Gasteiger partial charge is 0.339 e. The molecule has 0 aromatic heterocycles. The number of benzene rings is 1. The van der Waals surface area contributed by atoms with Crippen molar-refractivity contribution in [3.05, 3.63) is 29.8 Å². The molecule has 1 aromatic rings. The minimum atomic E-state index is -3.44. The summed E-state index contributed by atoms with van der Waals surface area (Å²) in [6.07, 6.45) is 4.97. The molecular weight excluding hydrogens is 414 g/mol. The monoisotopic (exact) mass is 449 g/mol. The maximum absolute atomic E-state index is 12.9. The number of amides is 2. The third-order valence-electron chi connectivity index (χ3n) is 6.19. The molecule has 0 unspecified atom stereocenters. The lowest BCUT2D eigenvalue weighted by molar-refractivity contribution is -0.141. The first-order valence-corrected chi connectivity index (χ1v) is 12.9. The summed E-state index contributed by atoms with van der Waals surface area (Å²) in [5, 5.41) is 0. The van der Waals surface area contributed by atoms with Crippen molar-refractivity contribution in [2.45, 2.75) is 57.3 Å². The van der Waals surface area contributed by atoms with Gasteiger partial charge in [-0.15, -0.1) is 0 Å². The lowest BCUT2D eigenvalue weighted by Crippen LogP contribution is -2.51. The van der Waals surface area contributed by atoms with Gasteiger partial charge < -0.3 is 9.80 Å². The first-order valence-electron chi connectivity index (χ1n) is 11.4. The first kappa shape index (κ1) is 23.7. The highest BCUT2D eigenvalue weighted by atomic mass is 32.2. The SMILES string of the molecule is CC(C)C(=O)N1CCN(C(=O)CCc2ccc(S(=O)(=O)N3CCCCCC3)cc2)CC1. The molecule has 31 heavy (non-hydrogen) atoms. The van der Waals surface area contributed by atoms with Gasteiger partial charge in [0.2, 0.25) is 21.8 Å². The second-order valence-corrected chi connectivity index (χ2v) is 10.8. The average Bonchev–Trinajstić information content (AvgIpc) is 3.07. The van der Waals surface area contributed by atoms with Crippen LogP contribution in [0.15, 0.2) is 29.2 Å². The van der Waals surface area contributed by atoms with E-state index in [0.29, 0.717) is 57.0 Å². The number of hydrogen-bond donors (Lipinski definition) is 0. The van der Waals surface area contributed by atoms with E-state index >= 15 is 0 Å². The van der Waals surface area contributed by atoms with E-state index in [1.165, 1.54) is 0 Å². The van der Waals surface area contributed by atoms with Crippen molar-refractivity contribution in [3.8, 4) is 0 Å². The van der Waals surface area contributed by atoms with E-state index in [4.69, 9.17) is 0 Å². The summed E-state index contributed by atoms with van der Waals surface area (Å²) in [5.41, 5.74) is 0.955. The van der Waals surface area contributed by atoms with Gasteiger partial charge in [-0.05, 0) is 37.0 Å². The number of nitrogens with zero attached hydrogens (tertiary/aromatic N) is 3. The Labute approximate surface area is 186 Å². The Bertz CT molecular complexity index is 851. The number of carbonyl (C=O) groups excluding carboxylic acids is 2. The molecule has 2 fully saturated rings. The molecule has 0 saturated carbocycles. The van der Waals surface area contributed by atoms with Crippen LogP contribution in [0.25, 0.3) is 0 Å². The van der Waals surface area contributed by atoms with Gasteiger partial charge in [0.05, 0.1) is 4.90 Å². The summed E-state index contributed by atoms with van der Waals surface area (Å²) in [6.45, 7) is 7.30. The zero-order valence-corrected chi connectivity index (χ0v) is 19.6. The van der Waals surface area contributed by atoms with Crippen molar-refractivity contribution in [3.63, 3.8) is 0 Å². The number of carbonyl (C=O) groups is 2. The molecule has 1 aromatic carbocycles. The third kappa shape index (κ3) is 6.07. The lowest BCUT2D eigenvalue weighted by Gasteiger charge is -2.35. The van der Waals surface area contributed by atoms with Crippen molar-refractivity contribution >= 4 is 21.8 Å². The molecule has 2 heterocycles. The van der Waals surface area contributed by atoms with Crippen LogP contribution < -0.4 is 0 Å². The van der Waals surface area contributed by atoms with Gasteiger partial charge in [-0.1, -0.05) is 38.8 Å². The second-order valence-electron chi connectivity index (χ2n) is 8.82.